The van der Waals surface area contributed by atoms with E-state index in [0.29, 0.717) is 17.8 Å². The number of hydrogen-bond acceptors (Lipinski definition) is 3. The fourth-order valence-corrected chi connectivity index (χ4v) is 2.10. The molecule has 90 valence electrons. The summed E-state index contributed by atoms with van der Waals surface area (Å²) in [5.41, 5.74) is 0.987. The average Bonchev–Trinajstić information content (AvgIpc) is 2.32. The molecule has 2 rings (SSSR count). The van der Waals surface area contributed by atoms with Crippen LogP contribution in [0.3, 0.4) is 0 Å². The van der Waals surface area contributed by atoms with Gasteiger partial charge in [0, 0.05) is 18.8 Å². The summed E-state index contributed by atoms with van der Waals surface area (Å²) < 4.78 is 13.3. The van der Waals surface area contributed by atoms with Crippen LogP contribution in [0.25, 0.3) is 0 Å². The molecule has 2 atom stereocenters. The van der Waals surface area contributed by atoms with Gasteiger partial charge in [-0.15, -0.1) is 0 Å². The summed E-state index contributed by atoms with van der Waals surface area (Å²) in [5, 5.41) is 18.6. The van der Waals surface area contributed by atoms with E-state index in [1.807, 2.05) is 17.9 Å². The Kier molecular flexibility index (Phi) is 3.30. The van der Waals surface area contributed by atoms with E-state index in [2.05, 4.69) is 0 Å². The maximum atomic E-state index is 13.3. The molecular formula is C13H15FN2O. The maximum absolute atomic E-state index is 13.3. The molecule has 1 aromatic carbocycles. The lowest BCUT2D eigenvalue weighted by Crippen LogP contribution is -2.42. The second kappa shape index (κ2) is 4.72. The van der Waals surface area contributed by atoms with Crippen LogP contribution in [0.4, 0.5) is 10.1 Å². The van der Waals surface area contributed by atoms with Crippen LogP contribution in [-0.4, -0.2) is 24.3 Å². The highest BCUT2D eigenvalue weighted by molar-refractivity contribution is 5.52. The Hall–Kier alpha value is -1.60. The zero-order valence-corrected chi connectivity index (χ0v) is 9.73. The maximum Gasteiger partial charge on any atom is 0.126 e. The monoisotopic (exact) mass is 234 g/mol. The largest absolute Gasteiger partial charge is 0.391 e. The lowest BCUT2D eigenvalue weighted by atomic mass is 9.95. The first-order chi connectivity index (χ1) is 8.10. The van der Waals surface area contributed by atoms with Crippen LogP contribution in [-0.2, 0) is 0 Å². The third-order valence-corrected chi connectivity index (χ3v) is 3.30. The number of β-amino-alcohol motifs (C(OH)–C–C–N with tert-alkyl or cyclic N) is 1. The van der Waals surface area contributed by atoms with Crippen LogP contribution in [0.5, 0.6) is 0 Å². The Bertz CT molecular complexity index is 455. The number of rotatable bonds is 1. The van der Waals surface area contributed by atoms with Crippen LogP contribution >= 0.6 is 0 Å². The molecule has 0 saturated carbocycles. The predicted octanol–water partition coefficient (Wildman–Crippen LogP) is 1.90. The molecule has 2 unspecified atom stereocenters. The van der Waals surface area contributed by atoms with Crippen molar-refractivity contribution < 1.29 is 9.50 Å². The van der Waals surface area contributed by atoms with Crippen molar-refractivity contribution in [3.63, 3.8) is 0 Å². The number of halogens is 1. The number of nitrogens with zero attached hydrogens (tertiary/aromatic N) is 2. The zero-order chi connectivity index (χ0) is 12.4. The Morgan fingerprint density at radius 2 is 2.24 bits per heavy atom. The molecule has 1 N–H and O–H groups in total. The van der Waals surface area contributed by atoms with E-state index in [9.17, 15) is 9.50 Å². The smallest absolute Gasteiger partial charge is 0.126 e. The van der Waals surface area contributed by atoms with Gasteiger partial charge in [0.25, 0.3) is 0 Å². The molecule has 1 aliphatic heterocycles. The molecule has 4 heteroatoms. The van der Waals surface area contributed by atoms with Gasteiger partial charge in [-0.1, -0.05) is 6.92 Å². The van der Waals surface area contributed by atoms with E-state index in [1.54, 1.807) is 6.07 Å². The molecule has 17 heavy (non-hydrogen) atoms. The minimum absolute atomic E-state index is 0.273. The molecule has 1 saturated heterocycles. The van der Waals surface area contributed by atoms with Gasteiger partial charge in [0.2, 0.25) is 0 Å². The van der Waals surface area contributed by atoms with Crippen molar-refractivity contribution in [1.82, 2.24) is 0 Å². The first-order valence-corrected chi connectivity index (χ1v) is 5.74. The highest BCUT2D eigenvalue weighted by atomic mass is 19.1. The number of anilines is 1. The van der Waals surface area contributed by atoms with Crippen molar-refractivity contribution in [2.45, 2.75) is 19.4 Å². The molecule has 1 fully saturated rings. The molecule has 0 amide bonds. The number of benzene rings is 1. The molecule has 0 radical (unpaired) electrons. The minimum Gasteiger partial charge on any atom is -0.391 e. The van der Waals surface area contributed by atoms with E-state index in [-0.39, 0.29) is 5.92 Å². The van der Waals surface area contributed by atoms with Crippen molar-refractivity contribution in [3.05, 3.63) is 29.6 Å². The van der Waals surface area contributed by atoms with Crippen LogP contribution in [0.2, 0.25) is 0 Å². The third-order valence-electron chi connectivity index (χ3n) is 3.30. The SMILES string of the molecule is CC1CCN(c2cc(F)cc(C#N)c2)CC1O. The van der Waals surface area contributed by atoms with Crippen LogP contribution in [0, 0.1) is 23.1 Å². The first kappa shape index (κ1) is 11.9. The summed E-state index contributed by atoms with van der Waals surface area (Å²) in [7, 11) is 0. The van der Waals surface area contributed by atoms with Crippen LogP contribution in [0.1, 0.15) is 18.9 Å². The topological polar surface area (TPSA) is 47.3 Å². The number of piperidine rings is 1. The summed E-state index contributed by atoms with van der Waals surface area (Å²) in [6.45, 7) is 3.29. The number of aliphatic hydroxyl groups is 1. The molecule has 1 aromatic rings. The molecule has 1 heterocycles. The van der Waals surface area contributed by atoms with Crippen LogP contribution < -0.4 is 4.90 Å². The van der Waals surface area contributed by atoms with Gasteiger partial charge >= 0.3 is 0 Å². The third kappa shape index (κ3) is 2.56. The Labute approximate surface area is 100 Å². The highest BCUT2D eigenvalue weighted by Crippen LogP contribution is 2.24. The summed E-state index contributed by atoms with van der Waals surface area (Å²) in [4.78, 5) is 1.93. The van der Waals surface area contributed by atoms with Crippen molar-refractivity contribution in [1.29, 1.82) is 5.26 Å². The van der Waals surface area contributed by atoms with E-state index in [1.165, 1.54) is 12.1 Å². The quantitative estimate of drug-likeness (QED) is 0.807. The van der Waals surface area contributed by atoms with Crippen LogP contribution in [0.15, 0.2) is 18.2 Å². The molecule has 0 spiro atoms. The molecule has 0 aromatic heterocycles. The lowest BCUT2D eigenvalue weighted by molar-refractivity contribution is 0.103. The Morgan fingerprint density at radius 3 is 2.88 bits per heavy atom. The fraction of sp³-hybridized carbons (Fsp3) is 0.462. The van der Waals surface area contributed by atoms with E-state index < -0.39 is 11.9 Å². The second-order valence-electron chi connectivity index (χ2n) is 4.59. The first-order valence-electron chi connectivity index (χ1n) is 5.74. The number of nitriles is 1. The van der Waals surface area contributed by atoms with Gasteiger partial charge in [-0.05, 0) is 30.5 Å². The summed E-state index contributed by atoms with van der Waals surface area (Å²) >= 11 is 0. The fourth-order valence-electron chi connectivity index (χ4n) is 2.10. The minimum atomic E-state index is -0.410. The van der Waals surface area contributed by atoms with Crippen molar-refractivity contribution in [2.24, 2.45) is 5.92 Å². The summed E-state index contributed by atoms with van der Waals surface area (Å²) in [6, 6.07) is 6.22. The van der Waals surface area contributed by atoms with Gasteiger partial charge in [-0.2, -0.15) is 5.26 Å². The van der Waals surface area contributed by atoms with Crippen molar-refractivity contribution >= 4 is 5.69 Å². The number of aliphatic hydroxyl groups excluding tert-OH is 1. The molecule has 1 aliphatic rings. The van der Waals surface area contributed by atoms with E-state index in [4.69, 9.17) is 5.26 Å². The summed E-state index contributed by atoms with van der Waals surface area (Å²) in [6.07, 6.45) is 0.483. The Balaban J connectivity index is 2.23. The van der Waals surface area contributed by atoms with Crippen molar-refractivity contribution in [2.75, 3.05) is 18.0 Å². The van der Waals surface area contributed by atoms with E-state index >= 15 is 0 Å². The highest BCUT2D eigenvalue weighted by Gasteiger charge is 2.24. The van der Waals surface area contributed by atoms with Gasteiger partial charge in [0.15, 0.2) is 0 Å². The molecule has 0 aliphatic carbocycles. The van der Waals surface area contributed by atoms with Gasteiger partial charge in [-0.25, -0.2) is 4.39 Å². The molecule has 3 nitrogen and oxygen atoms in total. The molecule has 0 bridgehead atoms. The normalized spacial score (nSPS) is 24.5. The van der Waals surface area contributed by atoms with Gasteiger partial charge in [0.1, 0.15) is 5.82 Å². The van der Waals surface area contributed by atoms with Gasteiger partial charge in [0.05, 0.1) is 17.7 Å². The standard InChI is InChI=1S/C13H15FN2O/c1-9-2-3-16(8-13(9)17)12-5-10(7-15)4-11(14)6-12/h4-6,9,13,17H,2-3,8H2,1H3. The second-order valence-corrected chi connectivity index (χ2v) is 4.59. The van der Waals surface area contributed by atoms with Gasteiger partial charge in [-0.3, -0.25) is 0 Å². The van der Waals surface area contributed by atoms with Gasteiger partial charge < -0.3 is 10.0 Å². The lowest BCUT2D eigenvalue weighted by Gasteiger charge is -2.35. The Morgan fingerprint density at radius 1 is 1.47 bits per heavy atom. The predicted molar refractivity (Wildman–Crippen MR) is 63.1 cm³/mol. The summed E-state index contributed by atoms with van der Waals surface area (Å²) in [5.74, 6) is -0.137. The zero-order valence-electron chi connectivity index (χ0n) is 9.73. The number of hydrogen-bond donors (Lipinski definition) is 1. The molecular weight excluding hydrogens is 219 g/mol. The average molecular weight is 234 g/mol. The van der Waals surface area contributed by atoms with E-state index in [0.717, 1.165) is 13.0 Å². The van der Waals surface area contributed by atoms with Crippen molar-refractivity contribution in [3.8, 4) is 6.07 Å².